The fourth-order valence-electron chi connectivity index (χ4n) is 2.05. The number of nitrogens with one attached hydrogen (secondary N) is 1. The van der Waals surface area contributed by atoms with Crippen LogP contribution >= 0.6 is 11.5 Å². The molecular weight excluding hydrogens is 346 g/mol. The molecule has 2 atom stereocenters. The first-order chi connectivity index (χ1) is 11.7. The fraction of sp³-hybridized carbons (Fsp3) is 0.750. The maximum atomic E-state index is 12.2. The number of hydrogen-bond acceptors (Lipinski definition) is 8. The highest BCUT2D eigenvalue weighted by Crippen LogP contribution is 2.26. The lowest BCUT2D eigenvalue weighted by atomic mass is 9.97. The van der Waals surface area contributed by atoms with Crippen LogP contribution in [0.1, 0.15) is 65.6 Å². The normalized spacial score (nSPS) is 13.8. The number of carbonyl (C=O) groups is 2. The van der Waals surface area contributed by atoms with Gasteiger partial charge in [0.1, 0.15) is 11.5 Å². The Kier molecular flexibility index (Phi) is 8.24. The molecule has 1 aromatic rings. The summed E-state index contributed by atoms with van der Waals surface area (Å²) in [4.78, 5) is 28.1. The van der Waals surface area contributed by atoms with E-state index in [2.05, 4.69) is 14.7 Å². The van der Waals surface area contributed by atoms with Gasteiger partial charge in [-0.3, -0.25) is 10.1 Å². The van der Waals surface area contributed by atoms with Crippen molar-refractivity contribution in [1.82, 2.24) is 9.36 Å². The third-order valence-corrected chi connectivity index (χ3v) is 3.75. The highest BCUT2D eigenvalue weighted by Gasteiger charge is 2.33. The van der Waals surface area contributed by atoms with Gasteiger partial charge in [-0.2, -0.15) is 4.37 Å². The molecule has 25 heavy (non-hydrogen) atoms. The number of anilines is 1. The van der Waals surface area contributed by atoms with Crippen molar-refractivity contribution >= 4 is 28.7 Å². The Hall–Kier alpha value is -1.74. The second kappa shape index (κ2) is 9.67. The Morgan fingerprint density at radius 3 is 2.56 bits per heavy atom. The molecule has 1 rings (SSSR count). The maximum absolute atomic E-state index is 12.2. The van der Waals surface area contributed by atoms with E-state index in [0.29, 0.717) is 6.42 Å². The molecular formula is C16H27N3O5S. The minimum Gasteiger partial charge on any atom is -0.465 e. The van der Waals surface area contributed by atoms with Gasteiger partial charge in [-0.25, -0.2) is 9.78 Å². The predicted octanol–water partition coefficient (Wildman–Crippen LogP) is 3.08. The standard InChI is InChI=1S/C16H27N3O5S/c1-6-8-9-10(20)11(13(21)23-7-2)12-17-14(25-19-12)18-15(22)24-16(3,4)5/h10-11,20H,6-9H2,1-5H3,(H,17,18,19,22). The van der Waals surface area contributed by atoms with E-state index in [0.717, 1.165) is 24.4 Å². The highest BCUT2D eigenvalue weighted by molar-refractivity contribution is 7.09. The summed E-state index contributed by atoms with van der Waals surface area (Å²) in [6.45, 7) is 9.13. The predicted molar refractivity (Wildman–Crippen MR) is 94.7 cm³/mol. The van der Waals surface area contributed by atoms with Crippen LogP contribution in [0, 0.1) is 0 Å². The van der Waals surface area contributed by atoms with E-state index >= 15 is 0 Å². The van der Waals surface area contributed by atoms with Crippen molar-refractivity contribution in [3.8, 4) is 0 Å². The zero-order valence-corrected chi connectivity index (χ0v) is 16.2. The first kappa shape index (κ1) is 21.3. The topological polar surface area (TPSA) is 111 Å². The number of esters is 1. The smallest absolute Gasteiger partial charge is 0.414 e. The third kappa shape index (κ3) is 7.35. The third-order valence-electron chi connectivity index (χ3n) is 3.11. The monoisotopic (exact) mass is 373 g/mol. The largest absolute Gasteiger partial charge is 0.465 e. The fourth-order valence-corrected chi connectivity index (χ4v) is 2.65. The number of aliphatic hydroxyl groups excluding tert-OH is 1. The van der Waals surface area contributed by atoms with Crippen LogP contribution in [-0.4, -0.2) is 44.8 Å². The second-order valence-electron chi connectivity index (χ2n) is 6.52. The van der Waals surface area contributed by atoms with Gasteiger partial charge in [-0.05, 0) is 34.1 Å². The maximum Gasteiger partial charge on any atom is 0.414 e. The molecule has 2 unspecified atom stereocenters. The van der Waals surface area contributed by atoms with Gasteiger partial charge in [-0.1, -0.05) is 19.8 Å². The van der Waals surface area contributed by atoms with Crippen LogP contribution in [0.25, 0.3) is 0 Å². The van der Waals surface area contributed by atoms with E-state index in [9.17, 15) is 14.7 Å². The first-order valence-corrected chi connectivity index (χ1v) is 9.13. The Balaban J connectivity index is 2.88. The average molecular weight is 373 g/mol. The Morgan fingerprint density at radius 1 is 1.32 bits per heavy atom. The zero-order chi connectivity index (χ0) is 19.0. The van der Waals surface area contributed by atoms with Crippen molar-refractivity contribution in [3.05, 3.63) is 5.82 Å². The summed E-state index contributed by atoms with van der Waals surface area (Å²) >= 11 is 0.917. The summed E-state index contributed by atoms with van der Waals surface area (Å²) in [6, 6.07) is 0. The minimum atomic E-state index is -0.975. The van der Waals surface area contributed by atoms with E-state index in [1.165, 1.54) is 0 Å². The van der Waals surface area contributed by atoms with Crippen molar-refractivity contribution in [2.45, 2.75) is 71.5 Å². The molecule has 0 aliphatic carbocycles. The van der Waals surface area contributed by atoms with Crippen LogP contribution in [0.5, 0.6) is 0 Å². The molecule has 2 N–H and O–H groups in total. The number of carbonyl (C=O) groups excluding carboxylic acids is 2. The lowest BCUT2D eigenvalue weighted by molar-refractivity contribution is -0.148. The van der Waals surface area contributed by atoms with Gasteiger partial charge in [0.2, 0.25) is 5.13 Å². The van der Waals surface area contributed by atoms with E-state index in [4.69, 9.17) is 9.47 Å². The van der Waals surface area contributed by atoms with Crippen molar-refractivity contribution in [2.75, 3.05) is 11.9 Å². The number of aliphatic hydroxyl groups is 1. The molecule has 0 bridgehead atoms. The molecule has 9 heteroatoms. The lowest BCUT2D eigenvalue weighted by Gasteiger charge is -2.19. The van der Waals surface area contributed by atoms with E-state index in [1.54, 1.807) is 27.7 Å². The summed E-state index contributed by atoms with van der Waals surface area (Å²) in [5.74, 6) is -1.41. The van der Waals surface area contributed by atoms with Gasteiger partial charge >= 0.3 is 12.1 Å². The lowest BCUT2D eigenvalue weighted by Crippen LogP contribution is -2.29. The molecule has 0 aliphatic rings. The number of aromatic nitrogens is 2. The molecule has 0 aromatic carbocycles. The van der Waals surface area contributed by atoms with Gasteiger partial charge in [-0.15, -0.1) is 0 Å². The number of rotatable bonds is 8. The molecule has 0 spiro atoms. The molecule has 0 radical (unpaired) electrons. The van der Waals surface area contributed by atoms with Gasteiger partial charge in [0.05, 0.1) is 12.7 Å². The summed E-state index contributed by atoms with van der Waals surface area (Å²) in [6.07, 6.45) is 0.498. The zero-order valence-electron chi connectivity index (χ0n) is 15.4. The van der Waals surface area contributed by atoms with Crippen molar-refractivity contribution in [3.63, 3.8) is 0 Å². The molecule has 1 amide bonds. The molecule has 1 aromatic heterocycles. The quantitative estimate of drug-likeness (QED) is 0.674. The van der Waals surface area contributed by atoms with Crippen LogP contribution in [0.2, 0.25) is 0 Å². The summed E-state index contributed by atoms with van der Waals surface area (Å²) in [7, 11) is 0. The minimum absolute atomic E-state index is 0.137. The van der Waals surface area contributed by atoms with Crippen LogP contribution in [0.3, 0.4) is 0 Å². The van der Waals surface area contributed by atoms with E-state index < -0.39 is 29.7 Å². The Bertz CT molecular complexity index is 570. The molecule has 0 saturated carbocycles. The van der Waals surface area contributed by atoms with Gasteiger partial charge in [0.25, 0.3) is 0 Å². The number of hydrogen-bond donors (Lipinski definition) is 2. The van der Waals surface area contributed by atoms with Gasteiger partial charge < -0.3 is 14.6 Å². The molecule has 0 aliphatic heterocycles. The number of unbranched alkanes of at least 4 members (excludes halogenated alkanes) is 1. The van der Waals surface area contributed by atoms with Gasteiger partial charge in [0.15, 0.2) is 5.82 Å². The second-order valence-corrected chi connectivity index (χ2v) is 7.28. The van der Waals surface area contributed by atoms with Crippen LogP contribution in [-0.2, 0) is 14.3 Å². The molecule has 1 heterocycles. The van der Waals surface area contributed by atoms with Crippen LogP contribution in [0.4, 0.5) is 9.93 Å². The molecule has 8 nitrogen and oxygen atoms in total. The summed E-state index contributed by atoms with van der Waals surface area (Å²) < 4.78 is 14.3. The van der Waals surface area contributed by atoms with E-state index in [-0.39, 0.29) is 17.6 Å². The molecule has 0 fully saturated rings. The molecule has 142 valence electrons. The van der Waals surface area contributed by atoms with Crippen LogP contribution in [0.15, 0.2) is 0 Å². The Morgan fingerprint density at radius 2 is 2.00 bits per heavy atom. The van der Waals surface area contributed by atoms with Crippen molar-refractivity contribution in [2.24, 2.45) is 0 Å². The van der Waals surface area contributed by atoms with Crippen LogP contribution < -0.4 is 5.32 Å². The highest BCUT2D eigenvalue weighted by atomic mass is 32.1. The van der Waals surface area contributed by atoms with Gasteiger partial charge in [0, 0.05) is 11.5 Å². The first-order valence-electron chi connectivity index (χ1n) is 8.36. The number of amides is 1. The summed E-state index contributed by atoms with van der Waals surface area (Å²) in [5.41, 5.74) is -0.637. The average Bonchev–Trinajstić information content (AvgIpc) is 2.91. The summed E-state index contributed by atoms with van der Waals surface area (Å²) in [5, 5.41) is 13.0. The van der Waals surface area contributed by atoms with Crippen molar-refractivity contribution in [1.29, 1.82) is 0 Å². The number of nitrogens with zero attached hydrogens (tertiary/aromatic N) is 2. The van der Waals surface area contributed by atoms with Crippen molar-refractivity contribution < 1.29 is 24.2 Å². The SMILES string of the molecule is CCCCC(O)C(C(=O)OCC)c1nsc(NC(=O)OC(C)(C)C)n1. The molecule has 0 saturated heterocycles. The Labute approximate surface area is 152 Å². The van der Waals surface area contributed by atoms with E-state index in [1.807, 2.05) is 6.92 Å². The number of ether oxygens (including phenoxy) is 2.